The average Bonchev–Trinajstić information content (AvgIpc) is 3.25. The number of carbonyl (C=O) groups excluding carboxylic acids is 3. The Morgan fingerprint density at radius 3 is 2.46 bits per heavy atom. The van der Waals surface area contributed by atoms with Crippen molar-refractivity contribution in [3.05, 3.63) is 63.9 Å². The van der Waals surface area contributed by atoms with Crippen LogP contribution in [0.3, 0.4) is 0 Å². The first-order valence-electron chi connectivity index (χ1n) is 13.5. The molecule has 10 nitrogen and oxygen atoms in total. The van der Waals surface area contributed by atoms with Crippen LogP contribution in [0.4, 0.5) is 5.82 Å². The second-order valence-corrected chi connectivity index (χ2v) is 12.3. The first-order valence-corrected chi connectivity index (χ1v) is 14.3. The number of amides is 2. The van der Waals surface area contributed by atoms with Crippen LogP contribution in [-0.2, 0) is 16.1 Å². The molecule has 1 aliphatic carbocycles. The summed E-state index contributed by atoms with van der Waals surface area (Å²) >= 11 is 3.37. The number of halogens is 1. The lowest BCUT2D eigenvalue weighted by Gasteiger charge is -2.27. The van der Waals surface area contributed by atoms with Gasteiger partial charge in [-0.05, 0) is 95.9 Å². The summed E-state index contributed by atoms with van der Waals surface area (Å²) in [5, 5.41) is 8.17. The number of hydrogen-bond acceptors (Lipinski definition) is 7. The lowest BCUT2D eigenvalue weighted by Crippen LogP contribution is -2.46. The highest BCUT2D eigenvalue weighted by atomic mass is 79.9. The van der Waals surface area contributed by atoms with E-state index in [-0.39, 0.29) is 35.6 Å². The third-order valence-electron chi connectivity index (χ3n) is 8.18. The van der Waals surface area contributed by atoms with Gasteiger partial charge in [0.25, 0.3) is 0 Å². The molecular weight excluding hydrogens is 586 g/mol. The number of pyridine rings is 1. The van der Waals surface area contributed by atoms with Crippen molar-refractivity contribution in [3.63, 3.8) is 0 Å². The maximum atomic E-state index is 13.9. The number of piperidine rings is 1. The van der Waals surface area contributed by atoms with Crippen molar-refractivity contribution < 1.29 is 14.4 Å². The fraction of sp³-hybridized carbons (Fsp3) is 0.367. The van der Waals surface area contributed by atoms with Crippen LogP contribution in [0, 0.1) is 26.2 Å². The number of fused-ring (bicyclic) bond motifs is 2. The Morgan fingerprint density at radius 2 is 1.78 bits per heavy atom. The molecule has 11 heteroatoms. The van der Waals surface area contributed by atoms with E-state index in [9.17, 15) is 14.4 Å². The molecule has 4 heterocycles. The van der Waals surface area contributed by atoms with Crippen LogP contribution in [0.5, 0.6) is 0 Å². The Bertz CT molecular complexity index is 1730. The zero-order valence-electron chi connectivity index (χ0n) is 23.5. The molecule has 41 heavy (non-hydrogen) atoms. The van der Waals surface area contributed by atoms with Crippen LogP contribution in [0.1, 0.15) is 54.1 Å². The van der Waals surface area contributed by atoms with Crippen molar-refractivity contribution in [1.82, 2.24) is 29.6 Å². The zero-order chi connectivity index (χ0) is 29.2. The van der Waals surface area contributed by atoms with E-state index in [4.69, 9.17) is 0 Å². The van der Waals surface area contributed by atoms with E-state index in [0.29, 0.717) is 39.3 Å². The first-order chi connectivity index (χ1) is 19.4. The molecule has 1 aromatic carbocycles. The molecular formula is C30H30BrN7O3. The van der Waals surface area contributed by atoms with Crippen LogP contribution in [0.15, 0.2) is 41.3 Å². The lowest BCUT2D eigenvalue weighted by atomic mass is 10.0. The molecule has 3 atom stereocenters. The Hall–Kier alpha value is -3.99. The van der Waals surface area contributed by atoms with Gasteiger partial charge in [0.15, 0.2) is 5.78 Å². The monoisotopic (exact) mass is 615 g/mol. The molecule has 4 aromatic rings. The smallest absolute Gasteiger partial charge is 0.248 e. The molecule has 2 aliphatic rings. The number of aromatic nitrogens is 5. The summed E-state index contributed by atoms with van der Waals surface area (Å²) in [7, 11) is 0. The van der Waals surface area contributed by atoms with Crippen molar-refractivity contribution in [2.75, 3.05) is 5.32 Å². The topological polar surface area (TPSA) is 123 Å². The largest absolute Gasteiger partial charge is 0.325 e. The maximum absolute atomic E-state index is 13.9. The molecule has 1 N–H and O–H groups in total. The van der Waals surface area contributed by atoms with Crippen LogP contribution in [0.2, 0.25) is 0 Å². The quantitative estimate of drug-likeness (QED) is 0.244. The molecule has 0 unspecified atom stereocenters. The molecule has 2 fully saturated rings. The van der Waals surface area contributed by atoms with Gasteiger partial charge in [0, 0.05) is 36.3 Å². The number of ketones is 1. The molecule has 2 amide bonds. The maximum Gasteiger partial charge on any atom is 0.248 e. The SMILES string of the molecule is CC(=O)c1nn(CC(=O)N2[C@H](C(=O)Nc3cc(C)cc(Br)n3)C[C@@]3(C)C[C@@H]23)c2c(C)cc(-c3cnc(C)nc3)cc12. The van der Waals surface area contributed by atoms with Crippen molar-refractivity contribution in [2.45, 2.75) is 66.1 Å². The zero-order valence-corrected chi connectivity index (χ0v) is 25.1. The molecule has 0 bridgehead atoms. The molecule has 1 aliphatic heterocycles. The van der Waals surface area contributed by atoms with E-state index in [1.807, 2.05) is 39.0 Å². The molecule has 1 saturated carbocycles. The number of hydrogen-bond donors (Lipinski definition) is 1. The van der Waals surface area contributed by atoms with Gasteiger partial charge in [-0.3, -0.25) is 19.1 Å². The van der Waals surface area contributed by atoms with E-state index >= 15 is 0 Å². The average molecular weight is 617 g/mol. The molecule has 6 rings (SSSR count). The van der Waals surface area contributed by atoms with Gasteiger partial charge in [-0.1, -0.05) is 6.92 Å². The van der Waals surface area contributed by atoms with Gasteiger partial charge in [-0.15, -0.1) is 0 Å². The number of carbonyl (C=O) groups is 3. The number of benzene rings is 1. The van der Waals surface area contributed by atoms with E-state index in [2.05, 4.69) is 48.2 Å². The molecule has 0 spiro atoms. The van der Waals surface area contributed by atoms with Crippen molar-refractivity contribution in [1.29, 1.82) is 0 Å². The summed E-state index contributed by atoms with van der Waals surface area (Å²) in [5.41, 5.74) is 4.45. The van der Waals surface area contributed by atoms with Gasteiger partial charge in [0.2, 0.25) is 11.8 Å². The summed E-state index contributed by atoms with van der Waals surface area (Å²) in [5.74, 6) is 0.459. The Kier molecular flexibility index (Phi) is 6.52. The number of likely N-dealkylation sites (tertiary alicyclic amines) is 1. The molecule has 210 valence electrons. The second-order valence-electron chi connectivity index (χ2n) is 11.5. The Balaban J connectivity index is 1.31. The van der Waals surface area contributed by atoms with Gasteiger partial charge in [0.1, 0.15) is 34.5 Å². The van der Waals surface area contributed by atoms with E-state index in [0.717, 1.165) is 28.7 Å². The number of nitrogens with zero attached hydrogens (tertiary/aromatic N) is 6. The van der Waals surface area contributed by atoms with Crippen LogP contribution in [0.25, 0.3) is 22.0 Å². The number of rotatable bonds is 6. The van der Waals surface area contributed by atoms with E-state index in [1.165, 1.54) is 6.92 Å². The highest BCUT2D eigenvalue weighted by Gasteiger charge is 2.64. The minimum Gasteiger partial charge on any atom is -0.325 e. The number of aryl methyl sites for hydroxylation is 3. The summed E-state index contributed by atoms with van der Waals surface area (Å²) in [6, 6.07) is 6.92. The van der Waals surface area contributed by atoms with E-state index < -0.39 is 6.04 Å². The van der Waals surface area contributed by atoms with E-state index in [1.54, 1.807) is 28.0 Å². The predicted octanol–water partition coefficient (Wildman–Crippen LogP) is 4.80. The fourth-order valence-electron chi connectivity index (χ4n) is 6.08. The first kappa shape index (κ1) is 27.2. The molecule has 3 aromatic heterocycles. The summed E-state index contributed by atoms with van der Waals surface area (Å²) in [6.07, 6.45) is 4.94. The predicted molar refractivity (Wildman–Crippen MR) is 157 cm³/mol. The summed E-state index contributed by atoms with van der Waals surface area (Å²) in [4.78, 5) is 54.6. The third kappa shape index (κ3) is 4.92. The Labute approximate surface area is 245 Å². The fourth-order valence-corrected chi connectivity index (χ4v) is 6.63. The normalized spacial score (nSPS) is 21.2. The van der Waals surface area contributed by atoms with Crippen LogP contribution in [-0.4, -0.2) is 59.3 Å². The number of Topliss-reactive ketones (excluding diaryl/α,β-unsaturated/α-hetero) is 1. The van der Waals surface area contributed by atoms with Gasteiger partial charge >= 0.3 is 0 Å². The van der Waals surface area contributed by atoms with Crippen molar-refractivity contribution >= 4 is 50.2 Å². The minimum atomic E-state index is -0.615. The Morgan fingerprint density at radius 1 is 1.05 bits per heavy atom. The highest BCUT2D eigenvalue weighted by molar-refractivity contribution is 9.10. The van der Waals surface area contributed by atoms with Gasteiger partial charge < -0.3 is 10.2 Å². The minimum absolute atomic E-state index is 0.00806. The van der Waals surface area contributed by atoms with Gasteiger partial charge in [0.05, 0.1) is 5.52 Å². The van der Waals surface area contributed by atoms with Crippen LogP contribution >= 0.6 is 15.9 Å². The highest BCUT2D eigenvalue weighted by Crippen LogP contribution is 2.59. The van der Waals surface area contributed by atoms with Crippen molar-refractivity contribution in [3.8, 4) is 11.1 Å². The standard InChI is InChI=1S/C30H30BrN7O3/c1-15-6-24(31)34-25(7-15)35-29(41)22-10-30(5)11-23(30)38(22)26(40)14-37-28-16(2)8-19(20-12-32-18(4)33-13-20)9-21(28)27(36-37)17(3)39/h6-9,12-13,22-23H,10-11,14H2,1-5H3,(H,34,35,41)/t22-,23+,30-/m0/s1. The molecule has 0 radical (unpaired) electrons. The van der Waals surface area contributed by atoms with Crippen molar-refractivity contribution in [2.24, 2.45) is 5.41 Å². The molecule has 1 saturated heterocycles. The third-order valence-corrected chi connectivity index (χ3v) is 8.59. The summed E-state index contributed by atoms with van der Waals surface area (Å²) in [6.45, 7) is 9.19. The second kappa shape index (κ2) is 9.83. The number of nitrogens with one attached hydrogen (secondary N) is 1. The van der Waals surface area contributed by atoms with Gasteiger partial charge in [-0.2, -0.15) is 5.10 Å². The van der Waals surface area contributed by atoms with Gasteiger partial charge in [-0.25, -0.2) is 15.0 Å². The lowest BCUT2D eigenvalue weighted by molar-refractivity contribution is -0.138. The van der Waals surface area contributed by atoms with Crippen LogP contribution < -0.4 is 5.32 Å². The summed E-state index contributed by atoms with van der Waals surface area (Å²) < 4.78 is 2.23. The number of anilines is 1.